The molecule has 0 atom stereocenters. The van der Waals surface area contributed by atoms with E-state index in [1.165, 1.54) is 6.33 Å². The summed E-state index contributed by atoms with van der Waals surface area (Å²) in [7, 11) is 0. The Kier molecular flexibility index (Phi) is 4.94. The van der Waals surface area contributed by atoms with E-state index in [1.54, 1.807) is 24.3 Å². The van der Waals surface area contributed by atoms with Gasteiger partial charge in [0.2, 0.25) is 11.8 Å². The van der Waals surface area contributed by atoms with Gasteiger partial charge in [-0.05, 0) is 24.3 Å². The first-order valence-corrected chi connectivity index (χ1v) is 6.24. The predicted molar refractivity (Wildman–Crippen MR) is 72.0 cm³/mol. The summed E-state index contributed by atoms with van der Waals surface area (Å²) in [4.78, 5) is 15.4. The van der Waals surface area contributed by atoms with Crippen molar-refractivity contribution in [2.24, 2.45) is 0 Å². The molecule has 0 aliphatic carbocycles. The van der Waals surface area contributed by atoms with Gasteiger partial charge in [-0.3, -0.25) is 4.79 Å². The smallest absolute Gasteiger partial charge is 0.228 e. The fourth-order valence-electron chi connectivity index (χ4n) is 1.53. The number of nitrogen functional groups attached to an aromatic ring is 1. The third-order valence-corrected chi connectivity index (χ3v) is 2.55. The summed E-state index contributed by atoms with van der Waals surface area (Å²) in [6, 6.07) is 7.03. The van der Waals surface area contributed by atoms with Crippen LogP contribution in [0, 0.1) is 0 Å². The number of nitrogens with one attached hydrogen (secondary N) is 1. The fourth-order valence-corrected chi connectivity index (χ4v) is 1.53. The van der Waals surface area contributed by atoms with E-state index in [1.807, 2.05) is 0 Å². The molecule has 0 saturated carbocycles. The minimum atomic E-state index is -0.0834. The third kappa shape index (κ3) is 4.60. The Morgan fingerprint density at radius 1 is 1.35 bits per heavy atom. The van der Waals surface area contributed by atoms with Gasteiger partial charge in [-0.2, -0.15) is 4.98 Å². The Labute approximate surface area is 116 Å². The SMILES string of the molecule is Nc1ccc(OCCC(=O)NCCc2ncno2)cc1. The lowest BCUT2D eigenvalue weighted by Crippen LogP contribution is -2.27. The molecular formula is C13H16N4O3. The molecule has 0 spiro atoms. The van der Waals surface area contributed by atoms with Crippen LogP contribution in [0.4, 0.5) is 5.69 Å². The summed E-state index contributed by atoms with van der Waals surface area (Å²) in [6.45, 7) is 0.777. The van der Waals surface area contributed by atoms with Crippen molar-refractivity contribution >= 4 is 11.6 Å². The van der Waals surface area contributed by atoms with Gasteiger partial charge in [0.25, 0.3) is 0 Å². The quantitative estimate of drug-likeness (QED) is 0.724. The lowest BCUT2D eigenvalue weighted by Gasteiger charge is -2.06. The molecule has 7 heteroatoms. The molecule has 106 valence electrons. The third-order valence-electron chi connectivity index (χ3n) is 2.55. The van der Waals surface area contributed by atoms with Gasteiger partial charge in [-0.1, -0.05) is 5.16 Å². The van der Waals surface area contributed by atoms with E-state index in [0.717, 1.165) is 0 Å². The number of anilines is 1. The summed E-state index contributed by atoms with van der Waals surface area (Å²) in [6.07, 6.45) is 2.14. The summed E-state index contributed by atoms with van der Waals surface area (Å²) >= 11 is 0. The zero-order chi connectivity index (χ0) is 14.2. The predicted octanol–water partition coefficient (Wildman–Crippen LogP) is 0.780. The van der Waals surface area contributed by atoms with Crippen molar-refractivity contribution in [3.63, 3.8) is 0 Å². The van der Waals surface area contributed by atoms with Gasteiger partial charge < -0.3 is 20.3 Å². The molecule has 0 fully saturated rings. The van der Waals surface area contributed by atoms with Crippen LogP contribution < -0.4 is 15.8 Å². The van der Waals surface area contributed by atoms with E-state index >= 15 is 0 Å². The molecule has 1 heterocycles. The molecule has 0 unspecified atom stereocenters. The Morgan fingerprint density at radius 2 is 2.15 bits per heavy atom. The lowest BCUT2D eigenvalue weighted by molar-refractivity contribution is -0.121. The molecule has 2 aromatic rings. The van der Waals surface area contributed by atoms with Crippen LogP contribution in [0.5, 0.6) is 5.75 Å². The van der Waals surface area contributed by atoms with Crippen molar-refractivity contribution in [1.29, 1.82) is 0 Å². The number of rotatable bonds is 7. The molecule has 7 nitrogen and oxygen atoms in total. The highest BCUT2D eigenvalue weighted by atomic mass is 16.5. The maximum absolute atomic E-state index is 11.5. The van der Waals surface area contributed by atoms with Crippen LogP contribution in [0.25, 0.3) is 0 Å². The van der Waals surface area contributed by atoms with Crippen molar-refractivity contribution in [3.05, 3.63) is 36.5 Å². The normalized spacial score (nSPS) is 10.2. The molecule has 0 radical (unpaired) electrons. The topological polar surface area (TPSA) is 103 Å². The first-order valence-electron chi connectivity index (χ1n) is 6.24. The minimum absolute atomic E-state index is 0.0834. The molecule has 3 N–H and O–H groups in total. The second kappa shape index (κ2) is 7.13. The fraction of sp³-hybridized carbons (Fsp3) is 0.308. The molecular weight excluding hydrogens is 260 g/mol. The standard InChI is InChI=1S/C13H16N4O3/c14-10-1-3-11(4-2-10)19-8-6-12(18)15-7-5-13-16-9-17-20-13/h1-4,9H,5-8,14H2,(H,15,18). The van der Waals surface area contributed by atoms with Crippen LogP contribution in [0.2, 0.25) is 0 Å². The monoisotopic (exact) mass is 276 g/mol. The molecule has 1 amide bonds. The van der Waals surface area contributed by atoms with Crippen LogP contribution >= 0.6 is 0 Å². The first-order chi connectivity index (χ1) is 9.74. The molecule has 2 rings (SSSR count). The van der Waals surface area contributed by atoms with E-state index in [2.05, 4.69) is 15.5 Å². The number of nitrogens with zero attached hydrogens (tertiary/aromatic N) is 2. The Bertz CT molecular complexity index is 525. The molecule has 1 aromatic heterocycles. The number of ether oxygens (including phenoxy) is 1. The van der Waals surface area contributed by atoms with Crippen LogP contribution in [-0.2, 0) is 11.2 Å². The van der Waals surface area contributed by atoms with Crippen molar-refractivity contribution in [2.45, 2.75) is 12.8 Å². The van der Waals surface area contributed by atoms with Crippen LogP contribution in [0.1, 0.15) is 12.3 Å². The van der Waals surface area contributed by atoms with Gasteiger partial charge in [0.15, 0.2) is 6.33 Å². The van der Waals surface area contributed by atoms with Gasteiger partial charge in [0.05, 0.1) is 13.0 Å². The number of carbonyl (C=O) groups is 1. The summed E-state index contributed by atoms with van der Waals surface area (Å²) in [5, 5.41) is 6.23. The van der Waals surface area contributed by atoms with Crippen molar-refractivity contribution in [2.75, 3.05) is 18.9 Å². The number of hydrogen-bond acceptors (Lipinski definition) is 6. The summed E-state index contributed by atoms with van der Waals surface area (Å²) in [5.74, 6) is 1.11. The second-order valence-electron chi connectivity index (χ2n) is 4.10. The number of hydrogen-bond donors (Lipinski definition) is 2. The number of amides is 1. The van der Waals surface area contributed by atoms with E-state index in [-0.39, 0.29) is 12.3 Å². The van der Waals surface area contributed by atoms with E-state index in [0.29, 0.717) is 36.9 Å². The maximum Gasteiger partial charge on any atom is 0.228 e. The zero-order valence-electron chi connectivity index (χ0n) is 10.9. The number of carbonyl (C=O) groups excluding carboxylic acids is 1. The van der Waals surface area contributed by atoms with Gasteiger partial charge in [-0.25, -0.2) is 0 Å². The van der Waals surface area contributed by atoms with Gasteiger partial charge in [-0.15, -0.1) is 0 Å². The average Bonchev–Trinajstić information content (AvgIpc) is 2.94. The molecule has 1 aromatic carbocycles. The van der Waals surface area contributed by atoms with E-state index < -0.39 is 0 Å². The minimum Gasteiger partial charge on any atom is -0.493 e. The lowest BCUT2D eigenvalue weighted by atomic mass is 10.3. The highest BCUT2D eigenvalue weighted by Gasteiger charge is 2.03. The molecule has 0 aliphatic rings. The molecule has 0 bridgehead atoms. The maximum atomic E-state index is 11.5. The zero-order valence-corrected chi connectivity index (χ0v) is 10.9. The molecule has 0 saturated heterocycles. The first kappa shape index (κ1) is 13.9. The van der Waals surface area contributed by atoms with Gasteiger partial charge >= 0.3 is 0 Å². The van der Waals surface area contributed by atoms with Crippen LogP contribution in [0.3, 0.4) is 0 Å². The molecule has 0 aliphatic heterocycles. The highest BCUT2D eigenvalue weighted by molar-refractivity contribution is 5.75. The average molecular weight is 276 g/mol. The summed E-state index contributed by atoms with van der Waals surface area (Å²) in [5.41, 5.74) is 6.24. The number of aromatic nitrogens is 2. The Balaban J connectivity index is 1.59. The van der Waals surface area contributed by atoms with Crippen molar-refractivity contribution < 1.29 is 14.1 Å². The second-order valence-corrected chi connectivity index (χ2v) is 4.10. The van der Waals surface area contributed by atoms with Crippen molar-refractivity contribution in [3.8, 4) is 5.75 Å². The highest BCUT2D eigenvalue weighted by Crippen LogP contribution is 2.12. The van der Waals surface area contributed by atoms with E-state index in [9.17, 15) is 4.79 Å². The Hall–Kier alpha value is -2.57. The van der Waals surface area contributed by atoms with Gasteiger partial charge in [0, 0.05) is 18.7 Å². The van der Waals surface area contributed by atoms with Crippen molar-refractivity contribution in [1.82, 2.24) is 15.5 Å². The molecule has 20 heavy (non-hydrogen) atoms. The van der Waals surface area contributed by atoms with Crippen LogP contribution in [0.15, 0.2) is 35.1 Å². The largest absolute Gasteiger partial charge is 0.493 e. The van der Waals surface area contributed by atoms with Crippen LogP contribution in [-0.4, -0.2) is 29.2 Å². The Morgan fingerprint density at radius 3 is 2.85 bits per heavy atom. The number of benzene rings is 1. The summed E-state index contributed by atoms with van der Waals surface area (Å²) < 4.78 is 10.2. The van der Waals surface area contributed by atoms with Gasteiger partial charge in [0.1, 0.15) is 5.75 Å². The number of nitrogens with two attached hydrogens (primary N) is 1. The van der Waals surface area contributed by atoms with E-state index in [4.69, 9.17) is 15.0 Å².